The Morgan fingerprint density at radius 3 is 2.85 bits per heavy atom. The van der Waals surface area contributed by atoms with Gasteiger partial charge in [0.2, 0.25) is 5.82 Å². The second-order valence-corrected chi connectivity index (χ2v) is 4.90. The summed E-state index contributed by atoms with van der Waals surface area (Å²) in [4.78, 5) is 8.55. The quantitative estimate of drug-likeness (QED) is 0.734. The highest BCUT2D eigenvalue weighted by Gasteiger charge is 2.15. The van der Waals surface area contributed by atoms with Crippen molar-refractivity contribution in [2.75, 3.05) is 7.11 Å². The Morgan fingerprint density at radius 2 is 2.10 bits per heavy atom. The number of rotatable bonds is 3. The van der Waals surface area contributed by atoms with E-state index in [-0.39, 0.29) is 0 Å². The number of aromatic nitrogens is 3. The first-order valence-electron chi connectivity index (χ1n) is 5.87. The lowest BCUT2D eigenvalue weighted by atomic mass is 10.2. The number of pyridine rings is 1. The fraction of sp³-hybridized carbons (Fsp3) is 0.0714. The molecule has 100 valence electrons. The maximum absolute atomic E-state index is 5.31. The van der Waals surface area contributed by atoms with Crippen molar-refractivity contribution in [3.8, 4) is 28.7 Å². The van der Waals surface area contributed by atoms with Crippen LogP contribution in [0.5, 0.6) is 5.75 Å². The molecule has 0 saturated carbocycles. The van der Waals surface area contributed by atoms with E-state index in [4.69, 9.17) is 9.26 Å². The average Bonchev–Trinajstić information content (AvgIpc) is 2.98. The zero-order valence-electron chi connectivity index (χ0n) is 10.6. The molecule has 2 aromatic heterocycles. The van der Waals surface area contributed by atoms with Gasteiger partial charge < -0.3 is 9.26 Å². The van der Waals surface area contributed by atoms with E-state index in [1.54, 1.807) is 13.3 Å². The van der Waals surface area contributed by atoms with Crippen molar-refractivity contribution in [2.24, 2.45) is 0 Å². The van der Waals surface area contributed by atoms with Crippen LogP contribution in [0.25, 0.3) is 23.0 Å². The maximum atomic E-state index is 5.31. The van der Waals surface area contributed by atoms with Gasteiger partial charge in [-0.3, -0.25) is 4.98 Å². The Labute approximate surface area is 123 Å². The lowest BCUT2D eigenvalue weighted by Crippen LogP contribution is -1.88. The van der Waals surface area contributed by atoms with Crippen LogP contribution in [0, 0.1) is 0 Å². The molecule has 0 aliphatic rings. The molecule has 0 atom stereocenters. The Morgan fingerprint density at radius 1 is 1.20 bits per heavy atom. The molecule has 0 aliphatic carbocycles. The van der Waals surface area contributed by atoms with Crippen molar-refractivity contribution in [3.05, 3.63) is 47.1 Å². The van der Waals surface area contributed by atoms with Gasteiger partial charge in [-0.15, -0.1) is 0 Å². The summed E-state index contributed by atoms with van der Waals surface area (Å²) in [7, 11) is 1.60. The van der Waals surface area contributed by atoms with Gasteiger partial charge in [0.1, 0.15) is 11.4 Å². The van der Waals surface area contributed by atoms with E-state index in [0.29, 0.717) is 23.2 Å². The fourth-order valence-corrected chi connectivity index (χ4v) is 2.14. The lowest BCUT2D eigenvalue weighted by molar-refractivity contribution is 0.405. The van der Waals surface area contributed by atoms with E-state index in [2.05, 4.69) is 31.1 Å². The standard InChI is InChI=1S/C14H10BrN3O2/c1-19-12-6-5-9(15)8-10(12)14-17-13(18-20-14)11-4-2-3-7-16-11/h2-8H,1H3. The second-order valence-electron chi connectivity index (χ2n) is 3.98. The number of ether oxygens (including phenoxy) is 1. The van der Waals surface area contributed by atoms with Gasteiger partial charge in [-0.05, 0) is 30.3 Å². The molecule has 0 aliphatic heterocycles. The predicted octanol–water partition coefficient (Wildman–Crippen LogP) is 3.57. The van der Waals surface area contributed by atoms with Crippen molar-refractivity contribution in [1.29, 1.82) is 0 Å². The van der Waals surface area contributed by atoms with Crippen molar-refractivity contribution < 1.29 is 9.26 Å². The van der Waals surface area contributed by atoms with E-state index >= 15 is 0 Å². The summed E-state index contributed by atoms with van der Waals surface area (Å²) in [6, 6.07) is 11.1. The average molecular weight is 332 g/mol. The summed E-state index contributed by atoms with van der Waals surface area (Å²) in [5, 5.41) is 3.95. The molecule has 3 rings (SSSR count). The molecule has 0 amide bonds. The summed E-state index contributed by atoms with van der Waals surface area (Å²) in [5.41, 5.74) is 1.40. The van der Waals surface area contributed by atoms with Crippen molar-refractivity contribution in [2.45, 2.75) is 0 Å². The number of benzene rings is 1. The summed E-state index contributed by atoms with van der Waals surface area (Å²) < 4.78 is 11.5. The molecule has 2 heterocycles. The molecule has 5 nitrogen and oxygen atoms in total. The van der Waals surface area contributed by atoms with E-state index in [9.17, 15) is 0 Å². The molecule has 1 aromatic carbocycles. The number of nitrogens with zero attached hydrogens (tertiary/aromatic N) is 3. The topological polar surface area (TPSA) is 61.0 Å². The molecule has 0 bridgehead atoms. The summed E-state index contributed by atoms with van der Waals surface area (Å²) >= 11 is 3.42. The zero-order valence-corrected chi connectivity index (χ0v) is 12.2. The van der Waals surface area contributed by atoms with Crippen LogP contribution in [-0.2, 0) is 0 Å². The largest absolute Gasteiger partial charge is 0.496 e. The van der Waals surface area contributed by atoms with Gasteiger partial charge in [-0.1, -0.05) is 27.2 Å². The first kappa shape index (κ1) is 12.8. The molecule has 0 N–H and O–H groups in total. The van der Waals surface area contributed by atoms with E-state index < -0.39 is 0 Å². The number of hydrogen-bond acceptors (Lipinski definition) is 5. The van der Waals surface area contributed by atoms with Crippen molar-refractivity contribution in [3.63, 3.8) is 0 Å². The third-order valence-corrected chi connectivity index (χ3v) is 3.21. The van der Waals surface area contributed by atoms with Gasteiger partial charge >= 0.3 is 0 Å². The number of halogens is 1. The Bertz CT molecular complexity index is 728. The first-order valence-corrected chi connectivity index (χ1v) is 6.66. The molecule has 6 heteroatoms. The van der Waals surface area contributed by atoms with Crippen LogP contribution in [0.3, 0.4) is 0 Å². The van der Waals surface area contributed by atoms with Crippen LogP contribution >= 0.6 is 15.9 Å². The molecular formula is C14H10BrN3O2. The smallest absolute Gasteiger partial charge is 0.262 e. The number of methoxy groups -OCH3 is 1. The molecule has 0 unspecified atom stereocenters. The summed E-state index contributed by atoms with van der Waals surface area (Å²) in [5.74, 6) is 1.51. The van der Waals surface area contributed by atoms with Crippen LogP contribution in [0.4, 0.5) is 0 Å². The molecule has 20 heavy (non-hydrogen) atoms. The van der Waals surface area contributed by atoms with Gasteiger partial charge in [0.25, 0.3) is 5.89 Å². The van der Waals surface area contributed by atoms with Crippen molar-refractivity contribution in [1.82, 2.24) is 15.1 Å². The molecule has 0 spiro atoms. The normalized spacial score (nSPS) is 10.5. The predicted molar refractivity (Wildman–Crippen MR) is 77.2 cm³/mol. The minimum atomic E-state index is 0.392. The Kier molecular flexibility index (Phi) is 3.47. The monoisotopic (exact) mass is 331 g/mol. The highest BCUT2D eigenvalue weighted by Crippen LogP contribution is 2.32. The van der Waals surface area contributed by atoms with E-state index in [0.717, 1.165) is 10.0 Å². The molecule has 3 aromatic rings. The second kappa shape index (κ2) is 5.42. The highest BCUT2D eigenvalue weighted by molar-refractivity contribution is 9.10. The summed E-state index contributed by atoms with van der Waals surface area (Å²) in [6.45, 7) is 0. The Hall–Kier alpha value is -2.21. The van der Waals surface area contributed by atoms with Gasteiger partial charge in [0.05, 0.1) is 12.7 Å². The third-order valence-electron chi connectivity index (χ3n) is 2.71. The fourth-order valence-electron chi connectivity index (χ4n) is 1.78. The molecule has 0 radical (unpaired) electrons. The van der Waals surface area contributed by atoms with Crippen molar-refractivity contribution >= 4 is 15.9 Å². The lowest BCUT2D eigenvalue weighted by Gasteiger charge is -2.04. The van der Waals surface area contributed by atoms with Gasteiger partial charge in [-0.25, -0.2) is 0 Å². The van der Waals surface area contributed by atoms with Crippen LogP contribution in [-0.4, -0.2) is 22.2 Å². The van der Waals surface area contributed by atoms with E-state index in [1.807, 2.05) is 36.4 Å². The first-order chi connectivity index (χ1) is 9.78. The van der Waals surface area contributed by atoms with Crippen LogP contribution in [0.15, 0.2) is 51.6 Å². The van der Waals surface area contributed by atoms with Crippen LogP contribution in [0.2, 0.25) is 0 Å². The Balaban J connectivity index is 2.04. The SMILES string of the molecule is COc1ccc(Br)cc1-c1nc(-c2ccccn2)no1. The van der Waals surface area contributed by atoms with Gasteiger partial charge in [0, 0.05) is 10.7 Å². The summed E-state index contributed by atoms with van der Waals surface area (Å²) in [6.07, 6.45) is 1.69. The number of hydrogen-bond donors (Lipinski definition) is 0. The zero-order chi connectivity index (χ0) is 13.9. The molecule has 0 saturated heterocycles. The third kappa shape index (κ3) is 2.42. The van der Waals surface area contributed by atoms with Gasteiger partial charge in [-0.2, -0.15) is 4.98 Å². The van der Waals surface area contributed by atoms with Gasteiger partial charge in [0.15, 0.2) is 0 Å². The highest BCUT2D eigenvalue weighted by atomic mass is 79.9. The molecular weight excluding hydrogens is 322 g/mol. The maximum Gasteiger partial charge on any atom is 0.262 e. The van der Waals surface area contributed by atoms with Crippen LogP contribution < -0.4 is 4.74 Å². The molecule has 0 fully saturated rings. The van der Waals surface area contributed by atoms with E-state index in [1.165, 1.54) is 0 Å². The minimum Gasteiger partial charge on any atom is -0.496 e. The minimum absolute atomic E-state index is 0.392. The van der Waals surface area contributed by atoms with Crippen LogP contribution in [0.1, 0.15) is 0 Å².